The van der Waals surface area contributed by atoms with Crippen LogP contribution in [0.3, 0.4) is 0 Å². The summed E-state index contributed by atoms with van der Waals surface area (Å²) < 4.78 is 12.3. The SMILES string of the molecule is NCC(COc1ccccc1NC(N)=O)N1CCC2(CC1)Cc1cc(Cl)ccc1O2. The number of nitrogens with zero attached hydrogens (tertiary/aromatic N) is 1. The first-order valence-electron chi connectivity index (χ1n) is 10.2. The summed E-state index contributed by atoms with van der Waals surface area (Å²) in [5.41, 5.74) is 12.9. The number of rotatable bonds is 6. The van der Waals surface area contributed by atoms with E-state index < -0.39 is 6.03 Å². The van der Waals surface area contributed by atoms with Crippen LogP contribution in [-0.2, 0) is 6.42 Å². The summed E-state index contributed by atoms with van der Waals surface area (Å²) in [5.74, 6) is 1.53. The molecule has 1 saturated heterocycles. The van der Waals surface area contributed by atoms with Crippen LogP contribution in [0.15, 0.2) is 42.5 Å². The number of fused-ring (bicyclic) bond motifs is 1. The van der Waals surface area contributed by atoms with Crippen LogP contribution in [0.2, 0.25) is 5.02 Å². The molecule has 2 amide bonds. The molecule has 0 aromatic heterocycles. The Morgan fingerprint density at radius 3 is 2.77 bits per heavy atom. The fraction of sp³-hybridized carbons (Fsp3) is 0.409. The first kappa shape index (κ1) is 20.8. The Labute approximate surface area is 181 Å². The van der Waals surface area contributed by atoms with Crippen LogP contribution in [0, 0.1) is 0 Å². The number of halogens is 1. The zero-order valence-corrected chi connectivity index (χ0v) is 17.5. The van der Waals surface area contributed by atoms with Gasteiger partial charge in [-0.25, -0.2) is 4.79 Å². The molecule has 2 aliphatic heterocycles. The molecule has 4 rings (SSSR count). The summed E-state index contributed by atoms with van der Waals surface area (Å²) in [5, 5.41) is 3.33. The fourth-order valence-electron chi connectivity index (χ4n) is 4.31. The quantitative estimate of drug-likeness (QED) is 0.653. The van der Waals surface area contributed by atoms with Crippen LogP contribution < -0.4 is 26.3 Å². The molecule has 7 nitrogen and oxygen atoms in total. The Morgan fingerprint density at radius 1 is 1.27 bits per heavy atom. The number of hydrogen-bond acceptors (Lipinski definition) is 5. The Bertz CT molecular complexity index is 915. The van der Waals surface area contributed by atoms with Crippen molar-refractivity contribution < 1.29 is 14.3 Å². The van der Waals surface area contributed by atoms with Gasteiger partial charge in [0.2, 0.25) is 0 Å². The largest absolute Gasteiger partial charge is 0.490 e. The Morgan fingerprint density at radius 2 is 2.03 bits per heavy atom. The molecule has 0 saturated carbocycles. The van der Waals surface area contributed by atoms with Crippen molar-refractivity contribution in [2.24, 2.45) is 11.5 Å². The highest BCUT2D eigenvalue weighted by molar-refractivity contribution is 6.30. The second-order valence-corrected chi connectivity index (χ2v) is 8.37. The molecule has 0 radical (unpaired) electrons. The van der Waals surface area contributed by atoms with Gasteiger partial charge in [0.15, 0.2) is 0 Å². The molecule has 2 aromatic rings. The van der Waals surface area contributed by atoms with E-state index in [9.17, 15) is 4.79 Å². The number of piperidine rings is 1. The summed E-state index contributed by atoms with van der Waals surface area (Å²) in [6, 6.07) is 12.5. The van der Waals surface area contributed by atoms with Gasteiger partial charge in [-0.2, -0.15) is 0 Å². The Balaban J connectivity index is 1.35. The van der Waals surface area contributed by atoms with Crippen molar-refractivity contribution in [3.63, 3.8) is 0 Å². The highest BCUT2D eigenvalue weighted by Crippen LogP contribution is 2.42. The average Bonchev–Trinajstić information content (AvgIpc) is 3.07. The molecule has 1 spiro atoms. The predicted molar refractivity (Wildman–Crippen MR) is 117 cm³/mol. The van der Waals surface area contributed by atoms with Gasteiger partial charge in [0.05, 0.1) is 11.7 Å². The van der Waals surface area contributed by atoms with E-state index in [2.05, 4.69) is 10.2 Å². The van der Waals surface area contributed by atoms with Crippen molar-refractivity contribution in [1.29, 1.82) is 0 Å². The summed E-state index contributed by atoms with van der Waals surface area (Å²) in [6.45, 7) is 2.68. The molecule has 160 valence electrons. The molecule has 30 heavy (non-hydrogen) atoms. The Kier molecular flexibility index (Phi) is 6.04. The van der Waals surface area contributed by atoms with Gasteiger partial charge in [-0.1, -0.05) is 23.7 Å². The monoisotopic (exact) mass is 430 g/mol. The number of nitrogens with two attached hydrogens (primary N) is 2. The molecule has 5 N–H and O–H groups in total. The van der Waals surface area contributed by atoms with E-state index in [1.54, 1.807) is 12.1 Å². The van der Waals surface area contributed by atoms with Crippen molar-refractivity contribution >= 4 is 23.3 Å². The third-order valence-corrected chi connectivity index (χ3v) is 6.17. The van der Waals surface area contributed by atoms with E-state index in [4.69, 9.17) is 32.5 Å². The number of carbonyl (C=O) groups excluding carboxylic acids is 1. The first-order chi connectivity index (χ1) is 14.5. The number of para-hydroxylation sites is 2. The number of nitrogens with one attached hydrogen (secondary N) is 1. The fourth-order valence-corrected chi connectivity index (χ4v) is 4.51. The predicted octanol–water partition coefficient (Wildman–Crippen LogP) is 3.01. The van der Waals surface area contributed by atoms with Gasteiger partial charge in [-0.15, -0.1) is 0 Å². The first-order valence-corrected chi connectivity index (χ1v) is 10.6. The van der Waals surface area contributed by atoms with Gasteiger partial charge in [-0.05, 0) is 35.9 Å². The van der Waals surface area contributed by atoms with E-state index in [1.165, 1.54) is 5.56 Å². The maximum atomic E-state index is 11.2. The van der Waals surface area contributed by atoms with Gasteiger partial charge in [0, 0.05) is 43.9 Å². The number of hydrogen-bond donors (Lipinski definition) is 3. The van der Waals surface area contributed by atoms with Gasteiger partial charge in [0.25, 0.3) is 0 Å². The normalized spacial score (nSPS) is 18.5. The lowest BCUT2D eigenvalue weighted by Gasteiger charge is -2.41. The number of primary amides is 1. The minimum atomic E-state index is -0.624. The van der Waals surface area contributed by atoms with E-state index in [0.717, 1.165) is 43.1 Å². The smallest absolute Gasteiger partial charge is 0.316 e. The maximum absolute atomic E-state index is 11.2. The van der Waals surface area contributed by atoms with E-state index in [1.807, 2.05) is 30.3 Å². The van der Waals surface area contributed by atoms with Crippen LogP contribution in [0.4, 0.5) is 10.5 Å². The van der Waals surface area contributed by atoms with Crippen molar-refractivity contribution in [2.75, 3.05) is 31.6 Å². The van der Waals surface area contributed by atoms with Gasteiger partial charge in [-0.3, -0.25) is 4.90 Å². The third-order valence-electron chi connectivity index (χ3n) is 5.94. The van der Waals surface area contributed by atoms with Gasteiger partial charge in [0.1, 0.15) is 23.7 Å². The minimum Gasteiger partial charge on any atom is -0.490 e. The molecular weight excluding hydrogens is 404 g/mol. The van der Waals surface area contributed by atoms with E-state index in [-0.39, 0.29) is 11.6 Å². The molecule has 2 aliphatic rings. The van der Waals surface area contributed by atoms with Crippen molar-refractivity contribution in [3.05, 3.63) is 53.1 Å². The summed E-state index contributed by atoms with van der Waals surface area (Å²) in [4.78, 5) is 13.5. The van der Waals surface area contributed by atoms with Crippen molar-refractivity contribution in [1.82, 2.24) is 4.90 Å². The highest BCUT2D eigenvalue weighted by Gasteiger charge is 2.43. The van der Waals surface area contributed by atoms with Crippen LogP contribution in [0.25, 0.3) is 0 Å². The van der Waals surface area contributed by atoms with E-state index >= 15 is 0 Å². The summed E-state index contributed by atoms with van der Waals surface area (Å²) in [6.07, 6.45) is 2.75. The van der Waals surface area contributed by atoms with Gasteiger partial charge < -0.3 is 26.3 Å². The molecule has 2 heterocycles. The standard InChI is InChI=1S/C22H27ClN4O3/c23-16-5-6-19-15(11-16)12-22(30-19)7-9-27(10-8-22)17(13-24)14-29-20-4-2-1-3-18(20)26-21(25)28/h1-6,11,17H,7-10,12-14,24H2,(H3,25,26,28). The van der Waals surface area contributed by atoms with Crippen molar-refractivity contribution in [2.45, 2.75) is 30.9 Å². The molecule has 8 heteroatoms. The third kappa shape index (κ3) is 4.48. The average molecular weight is 431 g/mol. The molecule has 1 unspecified atom stereocenters. The molecule has 0 aliphatic carbocycles. The number of benzene rings is 2. The number of urea groups is 1. The number of anilines is 1. The second-order valence-electron chi connectivity index (χ2n) is 7.94. The van der Waals surface area contributed by atoms with Crippen LogP contribution in [0.5, 0.6) is 11.5 Å². The molecule has 0 bridgehead atoms. The number of amides is 2. The highest BCUT2D eigenvalue weighted by atomic mass is 35.5. The van der Waals surface area contributed by atoms with Crippen molar-refractivity contribution in [3.8, 4) is 11.5 Å². The lowest BCUT2D eigenvalue weighted by molar-refractivity contribution is -0.000209. The van der Waals surface area contributed by atoms with Crippen LogP contribution in [0.1, 0.15) is 18.4 Å². The molecule has 2 aromatic carbocycles. The number of ether oxygens (including phenoxy) is 2. The second kappa shape index (κ2) is 8.71. The Hall–Kier alpha value is -2.48. The van der Waals surface area contributed by atoms with E-state index in [0.29, 0.717) is 24.6 Å². The summed E-state index contributed by atoms with van der Waals surface area (Å²) in [7, 11) is 0. The molecule has 1 atom stereocenters. The summed E-state index contributed by atoms with van der Waals surface area (Å²) >= 11 is 6.14. The minimum absolute atomic E-state index is 0.0715. The lowest BCUT2D eigenvalue weighted by Crippen LogP contribution is -2.53. The van der Waals surface area contributed by atoms with Crippen LogP contribution in [-0.4, -0.2) is 48.8 Å². The zero-order valence-electron chi connectivity index (χ0n) is 16.8. The number of likely N-dealkylation sites (tertiary alicyclic amines) is 1. The van der Waals surface area contributed by atoms with Gasteiger partial charge >= 0.3 is 6.03 Å². The topological polar surface area (TPSA) is 103 Å². The molecular formula is C22H27ClN4O3. The zero-order chi connectivity index (χ0) is 21.1. The number of carbonyl (C=O) groups is 1. The maximum Gasteiger partial charge on any atom is 0.316 e. The van der Waals surface area contributed by atoms with Crippen LogP contribution >= 0.6 is 11.6 Å². The molecule has 1 fully saturated rings. The lowest BCUT2D eigenvalue weighted by atomic mass is 9.86.